The number of hydrogen-bond donors (Lipinski definition) is 3. The highest BCUT2D eigenvalue weighted by atomic mass is 17.1. The molecule has 1 aromatic carbocycles. The summed E-state index contributed by atoms with van der Waals surface area (Å²) in [5.41, 5.74) is 8.29. The Morgan fingerprint density at radius 2 is 2.00 bits per heavy atom. The molecule has 1 saturated carbocycles. The number of hydrogen-bond acceptors (Lipinski definition) is 3. The van der Waals surface area contributed by atoms with Gasteiger partial charge in [0.25, 0.3) is 0 Å². The largest absolute Gasteiger partial charge is 0.385 e. The highest BCUT2D eigenvalue weighted by Crippen LogP contribution is 2.40. The molecule has 0 atom stereocenters. The standard InChI is InChI=1S/C14H18N2O2/c15-14-13(9-4-2-1-3-5-9)11-7-6-10(18-17)8-12(11)16-14/h6-9,16-17H,1-5,15H2. The summed E-state index contributed by atoms with van der Waals surface area (Å²) in [5, 5.41) is 9.83. The van der Waals surface area contributed by atoms with Gasteiger partial charge in [-0.25, -0.2) is 5.26 Å². The number of fused-ring (bicyclic) bond motifs is 1. The van der Waals surface area contributed by atoms with E-state index in [1.807, 2.05) is 6.07 Å². The van der Waals surface area contributed by atoms with Gasteiger partial charge in [-0.2, -0.15) is 0 Å². The Balaban J connectivity index is 2.07. The van der Waals surface area contributed by atoms with Crippen molar-refractivity contribution in [1.82, 2.24) is 4.98 Å². The zero-order chi connectivity index (χ0) is 12.5. The minimum Gasteiger partial charge on any atom is -0.385 e. The quantitative estimate of drug-likeness (QED) is 0.559. The van der Waals surface area contributed by atoms with E-state index in [9.17, 15) is 0 Å². The summed E-state index contributed by atoms with van der Waals surface area (Å²) in [7, 11) is 0. The number of nitrogens with one attached hydrogen (secondary N) is 1. The summed E-state index contributed by atoms with van der Waals surface area (Å²) in [5.74, 6) is 1.75. The van der Waals surface area contributed by atoms with E-state index in [0.29, 0.717) is 11.7 Å². The first-order valence-corrected chi connectivity index (χ1v) is 6.52. The maximum Gasteiger partial charge on any atom is 0.167 e. The van der Waals surface area contributed by atoms with Gasteiger partial charge < -0.3 is 15.6 Å². The summed E-state index contributed by atoms with van der Waals surface area (Å²) < 4.78 is 0. The molecule has 0 unspecified atom stereocenters. The van der Waals surface area contributed by atoms with Crippen LogP contribution in [0.3, 0.4) is 0 Å². The Hall–Kier alpha value is -1.68. The van der Waals surface area contributed by atoms with Crippen LogP contribution in [-0.4, -0.2) is 10.2 Å². The predicted molar refractivity (Wildman–Crippen MR) is 71.8 cm³/mol. The molecule has 4 N–H and O–H groups in total. The third kappa shape index (κ3) is 1.82. The second-order valence-corrected chi connectivity index (χ2v) is 5.09. The van der Waals surface area contributed by atoms with Gasteiger partial charge in [0.15, 0.2) is 5.75 Å². The Kier molecular flexibility index (Phi) is 2.88. The van der Waals surface area contributed by atoms with Crippen molar-refractivity contribution >= 4 is 16.7 Å². The Bertz CT molecular complexity index is 556. The average Bonchev–Trinajstić information content (AvgIpc) is 2.74. The Morgan fingerprint density at radius 3 is 2.72 bits per heavy atom. The molecule has 3 rings (SSSR count). The van der Waals surface area contributed by atoms with E-state index in [0.717, 1.165) is 16.7 Å². The van der Waals surface area contributed by atoms with E-state index >= 15 is 0 Å². The zero-order valence-electron chi connectivity index (χ0n) is 10.3. The zero-order valence-corrected chi connectivity index (χ0v) is 10.3. The van der Waals surface area contributed by atoms with Crippen molar-refractivity contribution in [2.45, 2.75) is 38.0 Å². The molecule has 0 amide bonds. The lowest BCUT2D eigenvalue weighted by atomic mass is 9.83. The van der Waals surface area contributed by atoms with E-state index in [4.69, 9.17) is 11.0 Å². The molecule has 0 radical (unpaired) electrons. The van der Waals surface area contributed by atoms with Crippen molar-refractivity contribution < 1.29 is 10.1 Å². The number of aromatic amines is 1. The first-order valence-electron chi connectivity index (χ1n) is 6.52. The van der Waals surface area contributed by atoms with Crippen LogP contribution in [0.15, 0.2) is 18.2 Å². The number of nitrogen functional groups attached to an aromatic ring is 1. The van der Waals surface area contributed by atoms with Crippen LogP contribution in [0.4, 0.5) is 5.82 Å². The molecule has 1 aromatic heterocycles. The van der Waals surface area contributed by atoms with Gasteiger partial charge in [-0.1, -0.05) is 19.3 Å². The number of rotatable bonds is 2. The van der Waals surface area contributed by atoms with Gasteiger partial charge in [0, 0.05) is 17.0 Å². The topological polar surface area (TPSA) is 71.3 Å². The summed E-state index contributed by atoms with van der Waals surface area (Å²) in [6.45, 7) is 0. The van der Waals surface area contributed by atoms with Gasteiger partial charge in [-0.05, 0) is 30.9 Å². The van der Waals surface area contributed by atoms with Crippen LogP contribution in [0, 0.1) is 0 Å². The van der Waals surface area contributed by atoms with Crippen LogP contribution in [0.2, 0.25) is 0 Å². The van der Waals surface area contributed by atoms with Crippen LogP contribution in [-0.2, 0) is 0 Å². The molecular formula is C14H18N2O2. The van der Waals surface area contributed by atoms with Gasteiger partial charge in [0.1, 0.15) is 5.82 Å². The maximum absolute atomic E-state index is 8.68. The molecule has 4 nitrogen and oxygen atoms in total. The van der Waals surface area contributed by atoms with Gasteiger partial charge in [-0.3, -0.25) is 0 Å². The fourth-order valence-electron chi connectivity index (χ4n) is 3.11. The molecule has 4 heteroatoms. The van der Waals surface area contributed by atoms with Gasteiger partial charge in [0.05, 0.1) is 5.52 Å². The van der Waals surface area contributed by atoms with E-state index in [1.54, 1.807) is 12.1 Å². The molecule has 2 aromatic rings. The molecule has 1 fully saturated rings. The molecule has 1 aliphatic carbocycles. The second kappa shape index (κ2) is 4.53. The number of H-pyrrole nitrogens is 1. The molecule has 1 aliphatic rings. The lowest BCUT2D eigenvalue weighted by molar-refractivity contribution is -0.137. The molecule has 1 heterocycles. The first kappa shape index (κ1) is 11.4. The summed E-state index contributed by atoms with van der Waals surface area (Å²) in [6.07, 6.45) is 6.34. The molecule has 0 aliphatic heterocycles. The SMILES string of the molecule is Nc1[nH]c2cc(OO)ccc2c1C1CCCCC1. The molecule has 0 saturated heterocycles. The van der Waals surface area contributed by atoms with Gasteiger partial charge >= 0.3 is 0 Å². The minimum atomic E-state index is 0.430. The van der Waals surface area contributed by atoms with Crippen LogP contribution in [0.1, 0.15) is 43.6 Å². The molecule has 96 valence electrons. The highest BCUT2D eigenvalue weighted by Gasteiger charge is 2.21. The van der Waals surface area contributed by atoms with E-state index in [2.05, 4.69) is 9.87 Å². The number of nitrogens with two attached hydrogens (primary N) is 1. The number of benzene rings is 1. The van der Waals surface area contributed by atoms with Crippen molar-refractivity contribution in [2.24, 2.45) is 0 Å². The van der Waals surface area contributed by atoms with E-state index < -0.39 is 0 Å². The third-order valence-corrected chi connectivity index (χ3v) is 3.96. The number of anilines is 1. The molecule has 18 heavy (non-hydrogen) atoms. The summed E-state index contributed by atoms with van der Waals surface area (Å²) >= 11 is 0. The molecule has 0 bridgehead atoms. The van der Waals surface area contributed by atoms with E-state index in [-0.39, 0.29) is 0 Å². The lowest BCUT2D eigenvalue weighted by Crippen LogP contribution is -2.06. The van der Waals surface area contributed by atoms with Crippen LogP contribution in [0.5, 0.6) is 5.75 Å². The van der Waals surface area contributed by atoms with Crippen molar-refractivity contribution in [3.8, 4) is 5.75 Å². The maximum atomic E-state index is 8.68. The lowest BCUT2D eigenvalue weighted by Gasteiger charge is -2.21. The van der Waals surface area contributed by atoms with Crippen molar-refractivity contribution in [3.05, 3.63) is 23.8 Å². The molecular weight excluding hydrogens is 228 g/mol. The van der Waals surface area contributed by atoms with Crippen LogP contribution >= 0.6 is 0 Å². The monoisotopic (exact) mass is 246 g/mol. The average molecular weight is 246 g/mol. The van der Waals surface area contributed by atoms with Crippen molar-refractivity contribution in [1.29, 1.82) is 0 Å². The first-order chi connectivity index (χ1) is 8.79. The van der Waals surface area contributed by atoms with Gasteiger partial charge in [0.2, 0.25) is 0 Å². The Morgan fingerprint density at radius 1 is 1.22 bits per heavy atom. The summed E-state index contributed by atoms with van der Waals surface area (Å²) in [6, 6.07) is 5.51. The van der Waals surface area contributed by atoms with Crippen molar-refractivity contribution in [3.63, 3.8) is 0 Å². The third-order valence-electron chi connectivity index (χ3n) is 3.96. The second-order valence-electron chi connectivity index (χ2n) is 5.09. The normalized spacial score (nSPS) is 17.2. The van der Waals surface area contributed by atoms with Crippen LogP contribution < -0.4 is 10.6 Å². The minimum absolute atomic E-state index is 0.430. The predicted octanol–water partition coefficient (Wildman–Crippen LogP) is 3.65. The van der Waals surface area contributed by atoms with Crippen molar-refractivity contribution in [2.75, 3.05) is 5.73 Å². The van der Waals surface area contributed by atoms with Gasteiger partial charge in [-0.15, -0.1) is 0 Å². The highest BCUT2D eigenvalue weighted by molar-refractivity contribution is 5.89. The fourth-order valence-corrected chi connectivity index (χ4v) is 3.11. The smallest absolute Gasteiger partial charge is 0.167 e. The molecule has 0 spiro atoms. The van der Waals surface area contributed by atoms with E-state index in [1.165, 1.54) is 37.7 Å². The fraction of sp³-hybridized carbons (Fsp3) is 0.429. The Labute approximate surface area is 106 Å². The summed E-state index contributed by atoms with van der Waals surface area (Å²) in [4.78, 5) is 7.44. The van der Waals surface area contributed by atoms with Crippen LogP contribution in [0.25, 0.3) is 10.9 Å². The number of aromatic nitrogens is 1.